The number of piperidine rings is 2. The topological polar surface area (TPSA) is 106 Å². The molecule has 242 valence electrons. The van der Waals surface area contributed by atoms with Crippen molar-refractivity contribution in [1.82, 2.24) is 14.8 Å². The molecule has 3 fully saturated rings. The number of benzene rings is 1. The van der Waals surface area contributed by atoms with Gasteiger partial charge in [-0.1, -0.05) is 27.5 Å². The zero-order chi connectivity index (χ0) is 31.7. The maximum Gasteiger partial charge on any atom is 0.404 e. The maximum atomic E-state index is 13.5. The van der Waals surface area contributed by atoms with Crippen LogP contribution in [0, 0.1) is 17.8 Å². The molecule has 1 aromatic heterocycles. The summed E-state index contributed by atoms with van der Waals surface area (Å²) in [7, 11) is 0. The molecule has 2 aliphatic carbocycles. The predicted molar refractivity (Wildman–Crippen MR) is 180 cm³/mol. The monoisotopic (exact) mass is 762 g/mol. The molecular formula is C34H41Br2ClN4O4. The molecule has 1 saturated carbocycles. The van der Waals surface area contributed by atoms with Gasteiger partial charge in [0.2, 0.25) is 11.8 Å². The van der Waals surface area contributed by atoms with Gasteiger partial charge in [0.15, 0.2) is 0 Å². The number of aromatic nitrogens is 1. The first-order chi connectivity index (χ1) is 21.7. The van der Waals surface area contributed by atoms with Crippen molar-refractivity contribution in [2.45, 2.75) is 82.7 Å². The van der Waals surface area contributed by atoms with Crippen molar-refractivity contribution in [3.63, 3.8) is 0 Å². The molecule has 1 atom stereocenters. The van der Waals surface area contributed by atoms with E-state index in [0.717, 1.165) is 84.1 Å². The summed E-state index contributed by atoms with van der Waals surface area (Å²) in [4.78, 5) is 46.6. The van der Waals surface area contributed by atoms with Crippen LogP contribution in [0.1, 0.15) is 86.1 Å². The zero-order valence-electron chi connectivity index (χ0n) is 25.5. The second-order valence-corrected chi connectivity index (χ2v) is 15.4. The van der Waals surface area contributed by atoms with E-state index < -0.39 is 6.09 Å². The van der Waals surface area contributed by atoms with E-state index in [0.29, 0.717) is 44.2 Å². The predicted octanol–water partition coefficient (Wildman–Crippen LogP) is 7.01. The average molecular weight is 765 g/mol. The largest absolute Gasteiger partial charge is 0.446 e. The molecule has 6 rings (SSSR count). The summed E-state index contributed by atoms with van der Waals surface area (Å²) in [6.45, 7) is 2.93. The van der Waals surface area contributed by atoms with E-state index in [2.05, 4.69) is 48.9 Å². The number of pyridine rings is 1. The lowest BCUT2D eigenvalue weighted by molar-refractivity contribution is -0.139. The summed E-state index contributed by atoms with van der Waals surface area (Å²) in [5.74, 6) is 1.27. The number of halogens is 3. The number of hydrogen-bond acceptors (Lipinski definition) is 5. The number of amides is 3. The first-order valence-corrected chi connectivity index (χ1v) is 18.3. The Balaban J connectivity index is 1.02. The number of ether oxygens (including phenoxy) is 1. The van der Waals surface area contributed by atoms with Gasteiger partial charge in [0.1, 0.15) is 6.10 Å². The molecule has 8 nitrogen and oxygen atoms in total. The quantitative estimate of drug-likeness (QED) is 0.353. The van der Waals surface area contributed by atoms with Crippen LogP contribution < -0.4 is 5.73 Å². The Morgan fingerprint density at radius 2 is 1.56 bits per heavy atom. The van der Waals surface area contributed by atoms with Crippen LogP contribution in [0.2, 0.25) is 5.02 Å². The molecule has 2 aliphatic heterocycles. The van der Waals surface area contributed by atoms with Crippen LogP contribution in [0.3, 0.4) is 0 Å². The number of rotatable bonds is 5. The van der Waals surface area contributed by atoms with Crippen molar-refractivity contribution in [2.75, 3.05) is 26.2 Å². The minimum absolute atomic E-state index is 0.0149. The molecule has 3 heterocycles. The second kappa shape index (κ2) is 14.3. The van der Waals surface area contributed by atoms with Crippen LogP contribution in [0.5, 0.6) is 0 Å². The van der Waals surface area contributed by atoms with E-state index in [1.165, 1.54) is 16.7 Å². The SMILES string of the molecule is NC(=O)OC1CCC(C(=O)N2CCC(CC(=O)N3CCC([C@H]4c5ncc(Br)cc5CCc5cc(Cl)cc(Br)c54)CC3)CC2)CC1. The third-order valence-electron chi connectivity index (χ3n) is 10.5. The number of likely N-dealkylation sites (tertiary alicyclic amines) is 2. The molecule has 0 spiro atoms. The van der Waals surface area contributed by atoms with Gasteiger partial charge in [0.25, 0.3) is 0 Å². The molecule has 0 unspecified atom stereocenters. The summed E-state index contributed by atoms with van der Waals surface area (Å²) in [6.07, 6.45) is 9.79. The van der Waals surface area contributed by atoms with Crippen molar-refractivity contribution in [3.05, 3.63) is 60.7 Å². The standard InChI is InChI=1S/C34H41Br2ClN4O4/c35-25-16-24-2-1-23-17-26(37)18-28(36)30(23)31(32(24)39-19-25)21-9-13-40(14-10-21)29(42)15-20-7-11-41(12-8-20)33(43)22-3-5-27(6-4-22)45-34(38)44/h16-22,27,31H,1-15H2,(H2,38,44)/t22?,27?,31-/m1/s1. The first-order valence-electron chi connectivity index (χ1n) is 16.3. The fourth-order valence-corrected chi connectivity index (χ4v) is 9.60. The maximum absolute atomic E-state index is 13.5. The molecule has 11 heteroatoms. The van der Waals surface area contributed by atoms with Crippen molar-refractivity contribution in [2.24, 2.45) is 23.5 Å². The Kier molecular flexibility index (Phi) is 10.4. The highest BCUT2D eigenvalue weighted by molar-refractivity contribution is 9.10. The lowest BCUT2D eigenvalue weighted by Crippen LogP contribution is -2.45. The number of aryl methyl sites for hydroxylation is 2. The van der Waals surface area contributed by atoms with Crippen LogP contribution in [0.4, 0.5) is 4.79 Å². The summed E-state index contributed by atoms with van der Waals surface area (Å²) in [5.41, 5.74) is 10.2. The van der Waals surface area contributed by atoms with Crippen molar-refractivity contribution in [1.29, 1.82) is 0 Å². The van der Waals surface area contributed by atoms with E-state index in [1.807, 2.05) is 17.2 Å². The number of carbonyl (C=O) groups is 3. The minimum atomic E-state index is -0.744. The van der Waals surface area contributed by atoms with Gasteiger partial charge in [-0.15, -0.1) is 0 Å². The van der Waals surface area contributed by atoms with Gasteiger partial charge >= 0.3 is 6.09 Å². The third-order valence-corrected chi connectivity index (χ3v) is 11.8. The first kappa shape index (κ1) is 32.8. The van der Waals surface area contributed by atoms with Crippen LogP contribution in [-0.2, 0) is 27.2 Å². The molecule has 0 radical (unpaired) electrons. The number of fused-ring (bicyclic) bond motifs is 2. The Morgan fingerprint density at radius 1 is 0.889 bits per heavy atom. The summed E-state index contributed by atoms with van der Waals surface area (Å²) in [6, 6.07) is 6.32. The smallest absolute Gasteiger partial charge is 0.404 e. The van der Waals surface area contributed by atoms with E-state index >= 15 is 0 Å². The summed E-state index contributed by atoms with van der Waals surface area (Å²) in [5, 5.41) is 0.745. The van der Waals surface area contributed by atoms with Gasteiger partial charge < -0.3 is 20.3 Å². The molecule has 2 aromatic rings. The zero-order valence-corrected chi connectivity index (χ0v) is 29.4. The van der Waals surface area contributed by atoms with Crippen molar-refractivity contribution in [3.8, 4) is 0 Å². The van der Waals surface area contributed by atoms with Crippen LogP contribution in [0.25, 0.3) is 0 Å². The van der Waals surface area contributed by atoms with Crippen molar-refractivity contribution >= 4 is 61.4 Å². The number of nitrogens with zero attached hydrogens (tertiary/aromatic N) is 3. The highest BCUT2D eigenvalue weighted by Crippen LogP contribution is 2.46. The van der Waals surface area contributed by atoms with E-state index in [4.69, 9.17) is 27.1 Å². The van der Waals surface area contributed by atoms with Crippen LogP contribution >= 0.6 is 43.5 Å². The fourth-order valence-electron chi connectivity index (χ4n) is 8.10. The number of nitrogens with two attached hydrogens (primary N) is 1. The molecule has 3 amide bonds. The molecule has 1 aromatic carbocycles. The summed E-state index contributed by atoms with van der Waals surface area (Å²) >= 11 is 13.9. The minimum Gasteiger partial charge on any atom is -0.446 e. The molecule has 0 bridgehead atoms. The Morgan fingerprint density at radius 3 is 2.24 bits per heavy atom. The van der Waals surface area contributed by atoms with Crippen LogP contribution in [-0.4, -0.2) is 65.0 Å². The third kappa shape index (κ3) is 7.54. The second-order valence-electron chi connectivity index (χ2n) is 13.2. The number of hydrogen-bond donors (Lipinski definition) is 1. The van der Waals surface area contributed by atoms with E-state index in [-0.39, 0.29) is 29.8 Å². The highest BCUT2D eigenvalue weighted by Gasteiger charge is 2.37. The van der Waals surface area contributed by atoms with Crippen LogP contribution in [0.15, 0.2) is 33.3 Å². The van der Waals surface area contributed by atoms with Gasteiger partial charge in [0.05, 0.1) is 5.69 Å². The lowest BCUT2D eigenvalue weighted by Gasteiger charge is -2.39. The van der Waals surface area contributed by atoms with E-state index in [9.17, 15) is 14.4 Å². The molecule has 4 aliphatic rings. The van der Waals surface area contributed by atoms with Crippen molar-refractivity contribution < 1.29 is 19.1 Å². The molecule has 2 saturated heterocycles. The fraction of sp³-hybridized carbons (Fsp3) is 0.588. The Bertz CT molecular complexity index is 1430. The summed E-state index contributed by atoms with van der Waals surface area (Å²) < 4.78 is 7.16. The molecular weight excluding hydrogens is 724 g/mol. The van der Waals surface area contributed by atoms with E-state index in [1.54, 1.807) is 0 Å². The highest BCUT2D eigenvalue weighted by atomic mass is 79.9. The molecule has 45 heavy (non-hydrogen) atoms. The van der Waals surface area contributed by atoms with Gasteiger partial charge in [-0.2, -0.15) is 0 Å². The Labute approximate surface area is 287 Å². The normalized spacial score (nSPS) is 24.4. The molecule has 2 N–H and O–H groups in total. The van der Waals surface area contributed by atoms with Gasteiger partial charge in [-0.05, 0) is 127 Å². The van der Waals surface area contributed by atoms with Gasteiger partial charge in [0, 0.05) is 64.6 Å². The lowest BCUT2D eigenvalue weighted by atomic mass is 9.76. The van der Waals surface area contributed by atoms with Gasteiger partial charge in [-0.25, -0.2) is 4.79 Å². The van der Waals surface area contributed by atoms with Gasteiger partial charge in [-0.3, -0.25) is 14.6 Å². The average Bonchev–Trinajstić information content (AvgIpc) is 3.18. The number of carbonyl (C=O) groups excluding carboxylic acids is 3. The Hall–Kier alpha value is -2.17. The number of primary amides is 1.